The van der Waals surface area contributed by atoms with Crippen LogP contribution in [0.25, 0.3) is 0 Å². The highest BCUT2D eigenvalue weighted by molar-refractivity contribution is 7.14. The van der Waals surface area contributed by atoms with Crippen molar-refractivity contribution in [2.45, 2.75) is 46.1 Å². The van der Waals surface area contributed by atoms with Gasteiger partial charge in [-0.3, -0.25) is 9.59 Å². The summed E-state index contributed by atoms with van der Waals surface area (Å²) in [7, 11) is 0. The zero-order valence-electron chi connectivity index (χ0n) is 16.8. The number of nitrogens with zero attached hydrogens (tertiary/aromatic N) is 1. The Morgan fingerprint density at radius 2 is 1.86 bits per heavy atom. The van der Waals surface area contributed by atoms with Crippen molar-refractivity contribution in [2.24, 2.45) is 0 Å². The maximum atomic E-state index is 14.7. The van der Waals surface area contributed by atoms with Crippen LogP contribution in [-0.4, -0.2) is 37.1 Å². The fraction of sp³-hybridized carbons (Fsp3) is 0.429. The summed E-state index contributed by atoms with van der Waals surface area (Å²) in [6, 6.07) is 8.60. The molecule has 1 saturated heterocycles. The standard InChI is InChI=1S/C21H26FN3O3S/c1-13-11-25(12-14(2)28-13)19-6-4-16(8-18(19)22)9-24-21(27)20-7-5-17(29-20)10-23-15(3)26/h4-8,13-14H,9-12H2,1-3H3,(H,23,26)(H,24,27). The lowest BCUT2D eigenvalue weighted by molar-refractivity contribution is -0.119. The van der Waals surface area contributed by atoms with Crippen LogP contribution in [0, 0.1) is 5.82 Å². The van der Waals surface area contributed by atoms with Gasteiger partial charge in [-0.25, -0.2) is 4.39 Å². The van der Waals surface area contributed by atoms with E-state index in [0.717, 1.165) is 4.88 Å². The van der Waals surface area contributed by atoms with Crippen molar-refractivity contribution < 1.29 is 18.7 Å². The lowest BCUT2D eigenvalue weighted by Gasteiger charge is -2.37. The van der Waals surface area contributed by atoms with E-state index in [1.54, 1.807) is 12.1 Å². The maximum Gasteiger partial charge on any atom is 0.261 e. The van der Waals surface area contributed by atoms with Gasteiger partial charge in [-0.05, 0) is 43.7 Å². The van der Waals surface area contributed by atoms with Gasteiger partial charge in [0.25, 0.3) is 5.91 Å². The minimum atomic E-state index is -0.299. The molecule has 0 saturated carbocycles. The normalized spacial score (nSPS) is 19.1. The highest BCUT2D eigenvalue weighted by atomic mass is 32.1. The van der Waals surface area contributed by atoms with E-state index in [2.05, 4.69) is 10.6 Å². The molecule has 3 rings (SSSR count). The lowest BCUT2D eigenvalue weighted by atomic mass is 10.1. The van der Waals surface area contributed by atoms with E-state index in [1.165, 1.54) is 24.3 Å². The third-order valence-electron chi connectivity index (χ3n) is 4.62. The number of carbonyl (C=O) groups is 2. The number of carbonyl (C=O) groups excluding carboxylic acids is 2. The lowest BCUT2D eigenvalue weighted by Crippen LogP contribution is -2.45. The van der Waals surface area contributed by atoms with Gasteiger partial charge in [0.1, 0.15) is 5.82 Å². The Morgan fingerprint density at radius 1 is 1.14 bits per heavy atom. The van der Waals surface area contributed by atoms with Crippen molar-refractivity contribution in [1.82, 2.24) is 10.6 Å². The highest BCUT2D eigenvalue weighted by Crippen LogP contribution is 2.24. The molecule has 0 radical (unpaired) electrons. The first-order valence-corrected chi connectivity index (χ1v) is 10.4. The predicted octanol–water partition coefficient (Wildman–Crippen LogP) is 3.07. The zero-order valence-corrected chi connectivity index (χ0v) is 17.6. The van der Waals surface area contributed by atoms with Crippen molar-refractivity contribution in [2.75, 3.05) is 18.0 Å². The Labute approximate surface area is 174 Å². The Hall–Kier alpha value is -2.45. The van der Waals surface area contributed by atoms with E-state index >= 15 is 0 Å². The van der Waals surface area contributed by atoms with Gasteiger partial charge in [-0.15, -0.1) is 11.3 Å². The Balaban J connectivity index is 1.57. The largest absolute Gasteiger partial charge is 0.372 e. The summed E-state index contributed by atoms with van der Waals surface area (Å²) in [6.07, 6.45) is 0.108. The molecule has 2 unspecified atom stereocenters. The van der Waals surface area contributed by atoms with E-state index in [9.17, 15) is 14.0 Å². The van der Waals surface area contributed by atoms with Crippen LogP contribution in [0.15, 0.2) is 30.3 Å². The molecule has 2 N–H and O–H groups in total. The molecule has 0 bridgehead atoms. The first kappa shape index (κ1) is 21.3. The molecule has 2 amide bonds. The van der Waals surface area contributed by atoms with Crippen LogP contribution in [0.4, 0.5) is 10.1 Å². The van der Waals surface area contributed by atoms with Gasteiger partial charge >= 0.3 is 0 Å². The quantitative estimate of drug-likeness (QED) is 0.755. The first-order valence-electron chi connectivity index (χ1n) is 9.62. The second-order valence-corrected chi connectivity index (χ2v) is 8.47. The number of morpholine rings is 1. The number of nitrogens with one attached hydrogen (secondary N) is 2. The second kappa shape index (κ2) is 9.37. The van der Waals surface area contributed by atoms with Gasteiger partial charge in [-0.2, -0.15) is 0 Å². The molecule has 1 aliphatic heterocycles. The Kier molecular flexibility index (Phi) is 6.87. The Bertz CT molecular complexity index is 876. The highest BCUT2D eigenvalue weighted by Gasteiger charge is 2.24. The molecular weight excluding hydrogens is 393 g/mol. The third-order valence-corrected chi connectivity index (χ3v) is 5.71. The second-order valence-electron chi connectivity index (χ2n) is 7.31. The number of amides is 2. The minimum Gasteiger partial charge on any atom is -0.372 e. The van der Waals surface area contributed by atoms with Crippen LogP contribution in [0.2, 0.25) is 0 Å². The van der Waals surface area contributed by atoms with Crippen LogP contribution in [0.1, 0.15) is 40.9 Å². The van der Waals surface area contributed by atoms with E-state index in [-0.39, 0.29) is 36.4 Å². The fourth-order valence-electron chi connectivity index (χ4n) is 3.37. The third kappa shape index (κ3) is 5.77. The van der Waals surface area contributed by atoms with Gasteiger partial charge in [0, 0.05) is 31.4 Å². The number of hydrogen-bond acceptors (Lipinski definition) is 5. The molecule has 6 nitrogen and oxygen atoms in total. The fourth-order valence-corrected chi connectivity index (χ4v) is 4.23. The van der Waals surface area contributed by atoms with Crippen LogP contribution in [-0.2, 0) is 22.6 Å². The maximum absolute atomic E-state index is 14.7. The number of benzene rings is 1. The Morgan fingerprint density at radius 3 is 2.52 bits per heavy atom. The summed E-state index contributed by atoms with van der Waals surface area (Å²) in [5.74, 6) is -0.632. The van der Waals surface area contributed by atoms with Gasteiger partial charge < -0.3 is 20.3 Å². The number of ether oxygens (including phenoxy) is 1. The summed E-state index contributed by atoms with van der Waals surface area (Å²) in [4.78, 5) is 26.8. The number of anilines is 1. The average molecular weight is 420 g/mol. The van der Waals surface area contributed by atoms with Crippen molar-refractivity contribution in [3.8, 4) is 0 Å². The zero-order chi connectivity index (χ0) is 21.0. The molecule has 8 heteroatoms. The van der Waals surface area contributed by atoms with Crippen LogP contribution in [0.3, 0.4) is 0 Å². The smallest absolute Gasteiger partial charge is 0.261 e. The van der Waals surface area contributed by atoms with Crippen molar-refractivity contribution in [3.63, 3.8) is 0 Å². The van der Waals surface area contributed by atoms with E-state index in [1.807, 2.05) is 30.9 Å². The van der Waals surface area contributed by atoms with Crippen LogP contribution >= 0.6 is 11.3 Å². The van der Waals surface area contributed by atoms with E-state index < -0.39 is 0 Å². The number of thiophene rings is 1. The molecule has 2 atom stereocenters. The molecule has 0 aliphatic carbocycles. The average Bonchev–Trinajstić information content (AvgIpc) is 3.13. The summed E-state index contributed by atoms with van der Waals surface area (Å²) < 4.78 is 20.4. The van der Waals surface area contributed by atoms with Gasteiger partial charge in [-0.1, -0.05) is 6.07 Å². The monoisotopic (exact) mass is 419 g/mol. The number of halogens is 1. The molecule has 156 valence electrons. The molecule has 1 aromatic heterocycles. The van der Waals surface area contributed by atoms with Crippen LogP contribution < -0.4 is 15.5 Å². The van der Waals surface area contributed by atoms with E-state index in [4.69, 9.17) is 4.74 Å². The molecule has 1 fully saturated rings. The molecular formula is C21H26FN3O3S. The van der Waals surface area contributed by atoms with Crippen molar-refractivity contribution in [3.05, 3.63) is 51.5 Å². The summed E-state index contributed by atoms with van der Waals surface area (Å²) in [5, 5.41) is 5.52. The predicted molar refractivity (Wildman–Crippen MR) is 112 cm³/mol. The van der Waals surface area contributed by atoms with Gasteiger partial charge in [0.15, 0.2) is 0 Å². The molecule has 2 heterocycles. The number of hydrogen-bond donors (Lipinski definition) is 2. The van der Waals surface area contributed by atoms with Crippen molar-refractivity contribution >= 4 is 28.8 Å². The molecule has 0 spiro atoms. The first-order chi connectivity index (χ1) is 13.8. The summed E-state index contributed by atoms with van der Waals surface area (Å²) >= 11 is 1.32. The molecule has 1 aliphatic rings. The van der Waals surface area contributed by atoms with E-state index in [0.29, 0.717) is 35.8 Å². The summed E-state index contributed by atoms with van der Waals surface area (Å²) in [5.41, 5.74) is 1.26. The van der Waals surface area contributed by atoms with Gasteiger partial charge in [0.2, 0.25) is 5.91 Å². The SMILES string of the molecule is CC(=O)NCc1ccc(C(=O)NCc2ccc(N3CC(C)OC(C)C3)c(F)c2)s1. The molecule has 1 aromatic carbocycles. The molecule has 2 aromatic rings. The summed E-state index contributed by atoms with van der Waals surface area (Å²) in [6.45, 7) is 7.36. The molecule has 29 heavy (non-hydrogen) atoms. The van der Waals surface area contributed by atoms with Gasteiger partial charge in [0.05, 0.1) is 29.3 Å². The topological polar surface area (TPSA) is 70.7 Å². The van der Waals surface area contributed by atoms with Crippen molar-refractivity contribution in [1.29, 1.82) is 0 Å². The van der Waals surface area contributed by atoms with Crippen LogP contribution in [0.5, 0.6) is 0 Å². The minimum absolute atomic E-state index is 0.0541. The number of rotatable bonds is 6.